The van der Waals surface area contributed by atoms with Crippen molar-refractivity contribution in [1.82, 2.24) is 15.2 Å². The zero-order valence-corrected chi connectivity index (χ0v) is 15.6. The maximum absolute atomic E-state index is 12.7. The van der Waals surface area contributed by atoms with Crippen molar-refractivity contribution in [3.05, 3.63) is 47.2 Å². The van der Waals surface area contributed by atoms with Crippen molar-refractivity contribution in [2.24, 2.45) is 5.92 Å². The molecule has 1 atom stereocenters. The molecule has 2 N–H and O–H groups in total. The number of nitrogens with one attached hydrogen (secondary N) is 2. The minimum atomic E-state index is -0.536. The second kappa shape index (κ2) is 8.05. The summed E-state index contributed by atoms with van der Waals surface area (Å²) >= 11 is 0. The lowest BCUT2D eigenvalue weighted by Gasteiger charge is -2.19. The maximum atomic E-state index is 12.7. The van der Waals surface area contributed by atoms with Gasteiger partial charge in [0.1, 0.15) is 11.8 Å². The molecule has 0 spiro atoms. The third-order valence-electron chi connectivity index (χ3n) is 4.29. The van der Waals surface area contributed by atoms with Gasteiger partial charge in [0.2, 0.25) is 5.91 Å². The monoisotopic (exact) mass is 345 g/mol. The van der Waals surface area contributed by atoms with Crippen LogP contribution in [0.2, 0.25) is 0 Å². The highest BCUT2D eigenvalue weighted by Gasteiger charge is 2.24. The molecule has 0 aliphatic rings. The van der Waals surface area contributed by atoms with E-state index in [0.29, 0.717) is 24.4 Å². The van der Waals surface area contributed by atoms with Gasteiger partial charge >= 0.3 is 0 Å². The smallest absolute Gasteiger partial charge is 0.253 e. The molecule has 0 aliphatic heterocycles. The van der Waals surface area contributed by atoms with E-state index >= 15 is 0 Å². The molecule has 0 saturated carbocycles. The number of amides is 2. The number of carbonyl (C=O) groups excluding carboxylic acids is 2. The van der Waals surface area contributed by atoms with E-state index in [9.17, 15) is 9.59 Å². The summed E-state index contributed by atoms with van der Waals surface area (Å²) in [6.07, 6.45) is 2.23. The van der Waals surface area contributed by atoms with Crippen molar-refractivity contribution in [2.75, 3.05) is 7.05 Å². The van der Waals surface area contributed by atoms with Crippen LogP contribution in [0.25, 0.3) is 0 Å². The number of aryl methyl sites for hydroxylation is 1. The lowest BCUT2D eigenvalue weighted by atomic mass is 10.0. The van der Waals surface area contributed by atoms with E-state index in [0.717, 1.165) is 17.1 Å². The van der Waals surface area contributed by atoms with Crippen molar-refractivity contribution in [2.45, 2.75) is 46.7 Å². The van der Waals surface area contributed by atoms with Crippen molar-refractivity contribution < 1.29 is 14.0 Å². The largest absolute Gasteiger partial charge is 0.467 e. The molecule has 25 heavy (non-hydrogen) atoms. The highest BCUT2D eigenvalue weighted by Crippen LogP contribution is 2.18. The van der Waals surface area contributed by atoms with Crippen LogP contribution in [-0.2, 0) is 11.3 Å². The molecule has 2 aromatic heterocycles. The van der Waals surface area contributed by atoms with Gasteiger partial charge in [0, 0.05) is 18.4 Å². The summed E-state index contributed by atoms with van der Waals surface area (Å²) in [5.74, 6) is 0.727. The van der Waals surface area contributed by atoms with Crippen LogP contribution in [0, 0.1) is 19.8 Å². The minimum absolute atomic E-state index is 0.175. The summed E-state index contributed by atoms with van der Waals surface area (Å²) in [7, 11) is 1.58. The van der Waals surface area contributed by atoms with Gasteiger partial charge in [-0.25, -0.2) is 0 Å². The van der Waals surface area contributed by atoms with E-state index in [1.807, 2.05) is 50.5 Å². The molecular weight excluding hydrogens is 318 g/mol. The highest BCUT2D eigenvalue weighted by molar-refractivity contribution is 5.98. The van der Waals surface area contributed by atoms with Crippen LogP contribution >= 0.6 is 0 Å². The van der Waals surface area contributed by atoms with Gasteiger partial charge in [-0.05, 0) is 44.4 Å². The predicted molar refractivity (Wildman–Crippen MR) is 96.5 cm³/mol. The summed E-state index contributed by atoms with van der Waals surface area (Å²) in [6, 6.07) is 5.06. The third kappa shape index (κ3) is 4.53. The fraction of sp³-hybridized carbons (Fsp3) is 0.474. The average Bonchev–Trinajstić information content (AvgIpc) is 3.16. The first-order valence-electron chi connectivity index (χ1n) is 8.55. The molecule has 2 rings (SSSR count). The molecule has 0 fully saturated rings. The van der Waals surface area contributed by atoms with Gasteiger partial charge in [0.05, 0.1) is 18.4 Å². The summed E-state index contributed by atoms with van der Waals surface area (Å²) in [4.78, 5) is 24.8. The van der Waals surface area contributed by atoms with Crippen LogP contribution in [0.1, 0.15) is 47.8 Å². The Labute approximate surface area is 148 Å². The molecule has 1 unspecified atom stereocenters. The Hall–Kier alpha value is -2.50. The summed E-state index contributed by atoms with van der Waals surface area (Å²) < 4.78 is 7.43. The number of carbonyl (C=O) groups is 2. The maximum Gasteiger partial charge on any atom is 0.253 e. The van der Waals surface area contributed by atoms with Crippen molar-refractivity contribution in [3.63, 3.8) is 0 Å². The molecule has 6 heteroatoms. The SMILES string of the molecule is CNC(=O)C(CC(C)C)NC(=O)c1cc(C)n(Cc2ccco2)c1C. The molecule has 136 valence electrons. The standard InChI is InChI=1S/C19H27N3O3/c1-12(2)9-17(19(24)20-5)21-18(23)16-10-13(3)22(14(16)4)11-15-7-6-8-25-15/h6-8,10,12,17H,9,11H2,1-5H3,(H,20,24)(H,21,23). The molecule has 0 bridgehead atoms. The van der Waals surface area contributed by atoms with Crippen LogP contribution in [-0.4, -0.2) is 29.5 Å². The van der Waals surface area contributed by atoms with Gasteiger partial charge in [0.15, 0.2) is 0 Å². The molecule has 0 aliphatic carbocycles. The zero-order valence-electron chi connectivity index (χ0n) is 15.6. The number of rotatable bonds is 7. The second-order valence-electron chi connectivity index (χ2n) is 6.72. The molecule has 2 amide bonds. The van der Waals surface area contributed by atoms with E-state index in [2.05, 4.69) is 10.6 Å². The number of hydrogen-bond acceptors (Lipinski definition) is 3. The summed E-state index contributed by atoms with van der Waals surface area (Å²) in [5.41, 5.74) is 2.41. The van der Waals surface area contributed by atoms with Gasteiger partial charge in [-0.2, -0.15) is 0 Å². The first-order valence-corrected chi connectivity index (χ1v) is 8.55. The second-order valence-corrected chi connectivity index (χ2v) is 6.72. The zero-order chi connectivity index (χ0) is 18.6. The number of likely N-dealkylation sites (N-methyl/N-ethyl adjacent to an activating group) is 1. The van der Waals surface area contributed by atoms with Gasteiger partial charge in [-0.15, -0.1) is 0 Å². The van der Waals surface area contributed by atoms with Gasteiger partial charge < -0.3 is 19.6 Å². The third-order valence-corrected chi connectivity index (χ3v) is 4.29. The Morgan fingerprint density at radius 2 is 2.00 bits per heavy atom. The Bertz CT molecular complexity index is 729. The molecule has 0 saturated heterocycles. The molecule has 2 heterocycles. The number of nitrogens with zero attached hydrogens (tertiary/aromatic N) is 1. The molecule has 0 aromatic carbocycles. The van der Waals surface area contributed by atoms with Crippen LogP contribution < -0.4 is 10.6 Å². The van der Waals surface area contributed by atoms with Crippen molar-refractivity contribution in [1.29, 1.82) is 0 Å². The Morgan fingerprint density at radius 3 is 2.56 bits per heavy atom. The summed E-state index contributed by atoms with van der Waals surface area (Å²) in [5, 5.41) is 5.48. The van der Waals surface area contributed by atoms with E-state index in [-0.39, 0.29) is 11.8 Å². The normalized spacial score (nSPS) is 12.2. The van der Waals surface area contributed by atoms with Crippen molar-refractivity contribution >= 4 is 11.8 Å². The van der Waals surface area contributed by atoms with Crippen LogP contribution in [0.5, 0.6) is 0 Å². The minimum Gasteiger partial charge on any atom is -0.467 e. The van der Waals surface area contributed by atoms with Gasteiger partial charge in [-0.3, -0.25) is 9.59 Å². The summed E-state index contributed by atoms with van der Waals surface area (Å²) in [6.45, 7) is 8.48. The Morgan fingerprint density at radius 1 is 1.28 bits per heavy atom. The first kappa shape index (κ1) is 18.8. The fourth-order valence-corrected chi connectivity index (χ4v) is 2.95. The van der Waals surface area contributed by atoms with E-state index in [4.69, 9.17) is 4.42 Å². The fourth-order valence-electron chi connectivity index (χ4n) is 2.95. The van der Waals surface area contributed by atoms with Gasteiger partial charge in [-0.1, -0.05) is 13.8 Å². The van der Waals surface area contributed by atoms with Crippen LogP contribution in [0.3, 0.4) is 0 Å². The Balaban J connectivity index is 2.19. The molecule has 6 nitrogen and oxygen atoms in total. The predicted octanol–water partition coefficient (Wildman–Crippen LogP) is 2.64. The first-order chi connectivity index (χ1) is 11.8. The van der Waals surface area contributed by atoms with E-state index < -0.39 is 6.04 Å². The number of hydrogen-bond donors (Lipinski definition) is 2. The topological polar surface area (TPSA) is 76.3 Å². The molecular formula is C19H27N3O3. The van der Waals surface area contributed by atoms with E-state index in [1.54, 1.807) is 13.3 Å². The quantitative estimate of drug-likeness (QED) is 0.810. The lowest BCUT2D eigenvalue weighted by Crippen LogP contribution is -2.46. The van der Waals surface area contributed by atoms with Gasteiger partial charge in [0.25, 0.3) is 5.91 Å². The Kier molecular flexibility index (Phi) is 6.07. The number of aromatic nitrogens is 1. The van der Waals surface area contributed by atoms with E-state index in [1.165, 1.54) is 0 Å². The lowest BCUT2D eigenvalue weighted by molar-refractivity contribution is -0.122. The molecule has 2 aromatic rings. The highest BCUT2D eigenvalue weighted by atomic mass is 16.3. The molecule has 0 radical (unpaired) electrons. The van der Waals surface area contributed by atoms with Crippen LogP contribution in [0.4, 0.5) is 0 Å². The number of furan rings is 1. The average molecular weight is 345 g/mol. The van der Waals surface area contributed by atoms with Crippen molar-refractivity contribution in [3.8, 4) is 0 Å². The van der Waals surface area contributed by atoms with Crippen LogP contribution in [0.15, 0.2) is 28.9 Å².